The van der Waals surface area contributed by atoms with Gasteiger partial charge in [-0.25, -0.2) is 4.98 Å². The third-order valence-electron chi connectivity index (χ3n) is 4.44. The largest absolute Gasteiger partial charge is 0.481 e. The number of aliphatic hydroxyl groups is 1. The molecule has 0 saturated carbocycles. The van der Waals surface area contributed by atoms with Crippen molar-refractivity contribution in [2.24, 2.45) is 5.92 Å². The molecule has 3 atom stereocenters. The van der Waals surface area contributed by atoms with Crippen molar-refractivity contribution in [1.82, 2.24) is 9.97 Å². The fourth-order valence-electron chi connectivity index (χ4n) is 3.36. The number of hydrogen-bond donors (Lipinski definition) is 1. The van der Waals surface area contributed by atoms with E-state index < -0.39 is 0 Å². The number of aromatic nitrogens is 2. The van der Waals surface area contributed by atoms with Crippen molar-refractivity contribution in [2.75, 3.05) is 31.8 Å². The number of methoxy groups -OCH3 is 1. The molecule has 0 radical (unpaired) electrons. The highest BCUT2D eigenvalue weighted by molar-refractivity contribution is 5.37. The number of nitrogens with zero attached hydrogens (tertiary/aromatic N) is 3. The first-order valence-electron chi connectivity index (χ1n) is 7.61. The van der Waals surface area contributed by atoms with Crippen molar-refractivity contribution < 1.29 is 14.6 Å². The van der Waals surface area contributed by atoms with E-state index in [0.717, 1.165) is 25.1 Å². The van der Waals surface area contributed by atoms with Crippen LogP contribution in [0.15, 0.2) is 6.07 Å². The van der Waals surface area contributed by atoms with Crippen LogP contribution >= 0.6 is 0 Å². The molecule has 0 spiro atoms. The predicted molar refractivity (Wildman–Crippen MR) is 78.6 cm³/mol. The van der Waals surface area contributed by atoms with E-state index in [4.69, 9.17) is 9.47 Å². The smallest absolute Gasteiger partial charge is 0.229 e. The molecule has 2 saturated heterocycles. The fourth-order valence-corrected chi connectivity index (χ4v) is 3.36. The Morgan fingerprint density at radius 2 is 2.24 bits per heavy atom. The molecule has 6 heteroatoms. The number of aliphatic hydroxyl groups excluding tert-OH is 1. The minimum atomic E-state index is -0.295. The molecule has 0 unspecified atom stereocenters. The van der Waals surface area contributed by atoms with Gasteiger partial charge in [-0.05, 0) is 26.2 Å². The minimum absolute atomic E-state index is 0.136. The van der Waals surface area contributed by atoms with E-state index in [0.29, 0.717) is 31.5 Å². The van der Waals surface area contributed by atoms with E-state index in [1.165, 1.54) is 0 Å². The van der Waals surface area contributed by atoms with Crippen LogP contribution in [0.1, 0.15) is 25.0 Å². The maximum Gasteiger partial charge on any atom is 0.229 e. The van der Waals surface area contributed by atoms with Gasteiger partial charge in [-0.15, -0.1) is 0 Å². The molecular weight excluding hydrogens is 270 g/mol. The highest BCUT2D eigenvalue weighted by Crippen LogP contribution is 2.32. The first-order chi connectivity index (χ1) is 10.2. The zero-order valence-corrected chi connectivity index (χ0v) is 12.7. The lowest BCUT2D eigenvalue weighted by Crippen LogP contribution is -2.46. The summed E-state index contributed by atoms with van der Waals surface area (Å²) in [4.78, 5) is 11.2. The van der Waals surface area contributed by atoms with Crippen molar-refractivity contribution in [2.45, 2.75) is 38.3 Å². The zero-order chi connectivity index (χ0) is 14.8. The van der Waals surface area contributed by atoms with E-state index >= 15 is 0 Å². The van der Waals surface area contributed by atoms with Crippen molar-refractivity contribution in [3.8, 4) is 5.88 Å². The number of anilines is 1. The van der Waals surface area contributed by atoms with Crippen LogP contribution in [0.3, 0.4) is 0 Å². The third-order valence-corrected chi connectivity index (χ3v) is 4.44. The van der Waals surface area contributed by atoms with Gasteiger partial charge in [0.15, 0.2) is 0 Å². The van der Waals surface area contributed by atoms with Gasteiger partial charge in [-0.3, -0.25) is 0 Å². The monoisotopic (exact) mass is 293 g/mol. The second-order valence-corrected chi connectivity index (χ2v) is 5.85. The van der Waals surface area contributed by atoms with Crippen LogP contribution < -0.4 is 9.64 Å². The highest BCUT2D eigenvalue weighted by Gasteiger charge is 2.38. The van der Waals surface area contributed by atoms with Crippen LogP contribution in [0.4, 0.5) is 5.95 Å². The Balaban J connectivity index is 1.84. The fraction of sp³-hybridized carbons (Fsp3) is 0.733. The van der Waals surface area contributed by atoms with Gasteiger partial charge in [0.1, 0.15) is 0 Å². The maximum absolute atomic E-state index is 10.3. The summed E-state index contributed by atoms with van der Waals surface area (Å²) in [5.74, 6) is 1.42. The molecule has 21 heavy (non-hydrogen) atoms. The van der Waals surface area contributed by atoms with Gasteiger partial charge in [0, 0.05) is 36.9 Å². The summed E-state index contributed by atoms with van der Waals surface area (Å²) in [6, 6.07) is 2.07. The summed E-state index contributed by atoms with van der Waals surface area (Å²) in [7, 11) is 1.62. The summed E-state index contributed by atoms with van der Waals surface area (Å²) in [5, 5.41) is 10.3. The van der Waals surface area contributed by atoms with Gasteiger partial charge in [0.2, 0.25) is 11.8 Å². The Kier molecular flexibility index (Phi) is 4.26. The quantitative estimate of drug-likeness (QED) is 0.902. The Morgan fingerprint density at radius 3 is 3.00 bits per heavy atom. The second-order valence-electron chi connectivity index (χ2n) is 5.85. The Bertz CT molecular complexity index is 497. The topological polar surface area (TPSA) is 67.7 Å². The molecule has 3 rings (SSSR count). The maximum atomic E-state index is 10.3. The second kappa shape index (κ2) is 6.15. The first kappa shape index (κ1) is 14.5. The lowest BCUT2D eigenvalue weighted by atomic mass is 9.89. The lowest BCUT2D eigenvalue weighted by molar-refractivity contribution is -0.0439. The number of hydrogen-bond acceptors (Lipinski definition) is 6. The van der Waals surface area contributed by atoms with Crippen LogP contribution in [0, 0.1) is 12.8 Å². The number of ether oxygens (including phenoxy) is 2. The van der Waals surface area contributed by atoms with Crippen molar-refractivity contribution in [3.63, 3.8) is 0 Å². The molecule has 1 aromatic rings. The van der Waals surface area contributed by atoms with Gasteiger partial charge >= 0.3 is 0 Å². The van der Waals surface area contributed by atoms with Crippen LogP contribution in [-0.2, 0) is 4.74 Å². The van der Waals surface area contributed by atoms with Gasteiger partial charge in [0.05, 0.1) is 19.8 Å². The summed E-state index contributed by atoms with van der Waals surface area (Å²) in [6.45, 7) is 4.13. The van der Waals surface area contributed by atoms with Gasteiger partial charge < -0.3 is 19.5 Å². The van der Waals surface area contributed by atoms with Crippen LogP contribution in [0.25, 0.3) is 0 Å². The number of aryl methyl sites for hydroxylation is 1. The predicted octanol–water partition coefficient (Wildman–Crippen LogP) is 1.16. The van der Waals surface area contributed by atoms with Gasteiger partial charge in [-0.2, -0.15) is 4.98 Å². The summed E-state index contributed by atoms with van der Waals surface area (Å²) < 4.78 is 10.8. The normalized spacial score (nSPS) is 29.7. The summed E-state index contributed by atoms with van der Waals surface area (Å²) >= 11 is 0. The number of rotatable bonds is 3. The third kappa shape index (κ3) is 2.96. The van der Waals surface area contributed by atoms with Gasteiger partial charge in [0.25, 0.3) is 0 Å². The highest BCUT2D eigenvalue weighted by atomic mass is 16.5. The van der Waals surface area contributed by atoms with Crippen LogP contribution in [-0.4, -0.2) is 54.1 Å². The molecule has 2 aliphatic heterocycles. The molecule has 1 aromatic heterocycles. The molecule has 1 N–H and O–H groups in total. The first-order valence-corrected chi connectivity index (χ1v) is 7.61. The molecule has 2 fully saturated rings. The molecule has 116 valence electrons. The van der Waals surface area contributed by atoms with E-state index in [2.05, 4.69) is 14.9 Å². The standard InChI is InChI=1S/C15H23N3O3/c1-10-8-14(20-2)17-15(16-10)18-6-3-4-12(18)11-9-21-7-5-13(11)19/h8,11-13,19H,3-7,9H2,1-2H3/t11-,12-,13+/m1/s1. The zero-order valence-electron chi connectivity index (χ0n) is 12.7. The molecule has 3 heterocycles. The van der Waals surface area contributed by atoms with E-state index in [9.17, 15) is 5.11 Å². The van der Waals surface area contributed by atoms with Crippen LogP contribution in [0.5, 0.6) is 5.88 Å². The van der Waals surface area contributed by atoms with Crippen molar-refractivity contribution in [1.29, 1.82) is 0 Å². The molecular formula is C15H23N3O3. The molecule has 0 amide bonds. The molecule has 0 aromatic carbocycles. The molecule has 2 aliphatic rings. The Hall–Kier alpha value is -1.40. The Labute approximate surface area is 125 Å². The average Bonchev–Trinajstić information content (AvgIpc) is 2.96. The summed E-state index contributed by atoms with van der Waals surface area (Å²) in [5.41, 5.74) is 0.892. The SMILES string of the molecule is COc1cc(C)nc(N2CCC[C@@H]2[C@H]2COCC[C@@H]2O)n1. The van der Waals surface area contributed by atoms with E-state index in [1.807, 2.05) is 13.0 Å². The molecule has 0 bridgehead atoms. The van der Waals surface area contributed by atoms with Crippen molar-refractivity contribution in [3.05, 3.63) is 11.8 Å². The molecule has 0 aliphatic carbocycles. The van der Waals surface area contributed by atoms with Gasteiger partial charge in [-0.1, -0.05) is 0 Å². The van der Waals surface area contributed by atoms with E-state index in [-0.39, 0.29) is 18.1 Å². The summed E-state index contributed by atoms with van der Waals surface area (Å²) in [6.07, 6.45) is 2.56. The minimum Gasteiger partial charge on any atom is -0.481 e. The van der Waals surface area contributed by atoms with E-state index in [1.54, 1.807) is 7.11 Å². The molecule has 6 nitrogen and oxygen atoms in total. The van der Waals surface area contributed by atoms with Crippen LogP contribution in [0.2, 0.25) is 0 Å². The van der Waals surface area contributed by atoms with Crippen molar-refractivity contribution >= 4 is 5.95 Å². The lowest BCUT2D eigenvalue weighted by Gasteiger charge is -2.37. The average molecular weight is 293 g/mol. The Morgan fingerprint density at radius 1 is 1.38 bits per heavy atom.